The molecule has 0 saturated carbocycles. The molecule has 0 N–H and O–H groups in total. The van der Waals surface area contributed by atoms with Crippen molar-refractivity contribution < 1.29 is 17.6 Å². The van der Waals surface area contributed by atoms with Crippen molar-refractivity contribution in [1.29, 1.82) is 0 Å². The Hall–Kier alpha value is -2.41. The number of urea groups is 1. The van der Waals surface area contributed by atoms with Crippen LogP contribution in [-0.2, 0) is 9.84 Å². The Morgan fingerprint density at radius 2 is 1.56 bits per heavy atom. The fourth-order valence-electron chi connectivity index (χ4n) is 3.69. The highest BCUT2D eigenvalue weighted by Crippen LogP contribution is 2.38. The van der Waals surface area contributed by atoms with Crippen molar-refractivity contribution in [1.82, 2.24) is 0 Å². The number of hydrogen-bond donors (Lipinski definition) is 0. The smallest absolute Gasteiger partial charge is 0.288 e. The number of rotatable bonds is 2. The Kier molecular flexibility index (Phi) is 3.57. The maximum atomic E-state index is 13.2. The first-order valence-electron chi connectivity index (χ1n) is 8.01. The fraction of sp³-hybridized carbons (Fsp3) is 0.278. The van der Waals surface area contributed by atoms with Gasteiger partial charge in [0.05, 0.1) is 23.6 Å². The molecular weight excluding hydrogens is 343 g/mol. The largest absolute Gasteiger partial charge is 0.329 e. The molecule has 0 unspecified atom stereocenters. The summed E-state index contributed by atoms with van der Waals surface area (Å²) in [5.41, 5.74) is 2.18. The third-order valence-electron chi connectivity index (χ3n) is 4.75. The third kappa shape index (κ3) is 2.68. The average Bonchev–Trinajstić information content (AvgIpc) is 2.97. The maximum absolute atomic E-state index is 13.2. The van der Waals surface area contributed by atoms with Crippen LogP contribution in [0.25, 0.3) is 0 Å². The Morgan fingerprint density at radius 1 is 0.960 bits per heavy atom. The molecule has 0 radical (unpaired) electrons. The topological polar surface area (TPSA) is 57.7 Å². The second-order valence-corrected chi connectivity index (χ2v) is 8.70. The van der Waals surface area contributed by atoms with E-state index in [9.17, 15) is 17.6 Å². The quantitative estimate of drug-likeness (QED) is 0.774. The summed E-state index contributed by atoms with van der Waals surface area (Å²) in [5.74, 6) is -0.542. The summed E-state index contributed by atoms with van der Waals surface area (Å²) in [6, 6.07) is 11.8. The monoisotopic (exact) mass is 360 g/mol. The van der Waals surface area contributed by atoms with Crippen LogP contribution in [0.1, 0.15) is 5.56 Å². The molecule has 2 atom stereocenters. The SMILES string of the molecule is Cc1cccc(N2C(=O)N(c3ccc(F)cc3)[C@H]3CS(=O)(=O)C[C@H]32)c1. The Labute approximate surface area is 145 Å². The molecule has 2 saturated heterocycles. The average molecular weight is 360 g/mol. The number of hydrogen-bond acceptors (Lipinski definition) is 3. The number of halogens is 1. The van der Waals surface area contributed by atoms with Crippen molar-refractivity contribution >= 4 is 27.2 Å². The standard InChI is InChI=1S/C18H17FN2O3S/c1-12-3-2-4-15(9-12)21-17-11-25(23,24)10-16(17)20(18(21)22)14-7-5-13(19)6-8-14/h2-9,16-17H,10-11H2,1H3/t16-,17+/m0/s1. The molecule has 2 aromatic carbocycles. The zero-order valence-corrected chi connectivity index (χ0v) is 14.4. The number of aryl methyl sites for hydroxylation is 1. The molecule has 25 heavy (non-hydrogen) atoms. The van der Waals surface area contributed by atoms with E-state index in [1.807, 2.05) is 25.1 Å². The van der Waals surface area contributed by atoms with Crippen molar-refractivity contribution in [2.24, 2.45) is 0 Å². The first-order valence-corrected chi connectivity index (χ1v) is 9.83. The predicted molar refractivity (Wildman–Crippen MR) is 94.2 cm³/mol. The van der Waals surface area contributed by atoms with Crippen molar-refractivity contribution in [3.8, 4) is 0 Å². The van der Waals surface area contributed by atoms with Gasteiger partial charge in [0.1, 0.15) is 5.82 Å². The van der Waals surface area contributed by atoms with Crippen LogP contribution in [0.5, 0.6) is 0 Å². The van der Waals surface area contributed by atoms with Gasteiger partial charge in [-0.1, -0.05) is 12.1 Å². The number of carbonyl (C=O) groups excluding carboxylic acids is 1. The van der Waals surface area contributed by atoms with E-state index in [4.69, 9.17) is 0 Å². The van der Waals surface area contributed by atoms with Crippen LogP contribution in [0.15, 0.2) is 48.5 Å². The second kappa shape index (κ2) is 5.56. The summed E-state index contributed by atoms with van der Waals surface area (Å²) in [4.78, 5) is 16.1. The van der Waals surface area contributed by atoms with E-state index in [1.165, 1.54) is 29.2 Å². The molecule has 0 aliphatic carbocycles. The van der Waals surface area contributed by atoms with Crippen LogP contribution in [0.4, 0.5) is 20.6 Å². The van der Waals surface area contributed by atoms with Gasteiger partial charge in [0.15, 0.2) is 9.84 Å². The Morgan fingerprint density at radius 3 is 2.16 bits per heavy atom. The van der Waals surface area contributed by atoms with Crippen LogP contribution >= 0.6 is 0 Å². The molecule has 0 spiro atoms. The minimum Gasteiger partial charge on any atom is -0.288 e. The van der Waals surface area contributed by atoms with E-state index in [-0.39, 0.29) is 17.5 Å². The van der Waals surface area contributed by atoms with Gasteiger partial charge in [0.25, 0.3) is 0 Å². The molecule has 2 aliphatic heterocycles. The third-order valence-corrected chi connectivity index (χ3v) is 6.45. The molecule has 2 amide bonds. The van der Waals surface area contributed by atoms with E-state index < -0.39 is 27.7 Å². The summed E-state index contributed by atoms with van der Waals surface area (Å²) in [5, 5.41) is 0. The van der Waals surface area contributed by atoms with Gasteiger partial charge >= 0.3 is 6.03 Å². The van der Waals surface area contributed by atoms with E-state index in [0.717, 1.165) is 5.56 Å². The van der Waals surface area contributed by atoms with Crippen LogP contribution in [-0.4, -0.2) is 38.0 Å². The van der Waals surface area contributed by atoms with E-state index in [0.29, 0.717) is 11.4 Å². The lowest BCUT2D eigenvalue weighted by molar-refractivity contribution is 0.255. The first kappa shape index (κ1) is 16.1. The first-order chi connectivity index (χ1) is 11.9. The van der Waals surface area contributed by atoms with Crippen molar-refractivity contribution in [3.63, 3.8) is 0 Å². The number of nitrogens with zero attached hydrogens (tertiary/aromatic N) is 2. The molecule has 2 aromatic rings. The normalized spacial score (nSPS) is 24.6. The Bertz CT molecular complexity index is 943. The Balaban J connectivity index is 1.81. The van der Waals surface area contributed by atoms with Crippen LogP contribution in [0.3, 0.4) is 0 Å². The fourth-order valence-corrected chi connectivity index (χ4v) is 5.61. The summed E-state index contributed by atoms with van der Waals surface area (Å²) in [6.07, 6.45) is 0. The van der Waals surface area contributed by atoms with Gasteiger partial charge in [-0.25, -0.2) is 17.6 Å². The van der Waals surface area contributed by atoms with Crippen molar-refractivity contribution in [3.05, 3.63) is 59.9 Å². The number of carbonyl (C=O) groups is 1. The minimum absolute atomic E-state index is 0.0605. The molecule has 0 bridgehead atoms. The van der Waals surface area contributed by atoms with Crippen LogP contribution < -0.4 is 9.80 Å². The van der Waals surface area contributed by atoms with Gasteiger partial charge in [-0.15, -0.1) is 0 Å². The van der Waals surface area contributed by atoms with Crippen molar-refractivity contribution in [2.75, 3.05) is 21.3 Å². The highest BCUT2D eigenvalue weighted by atomic mass is 32.2. The lowest BCUT2D eigenvalue weighted by Crippen LogP contribution is -2.37. The number of sulfone groups is 1. The second-order valence-electron chi connectivity index (χ2n) is 6.55. The highest BCUT2D eigenvalue weighted by Gasteiger charge is 2.54. The van der Waals surface area contributed by atoms with Crippen LogP contribution in [0.2, 0.25) is 0 Å². The van der Waals surface area contributed by atoms with E-state index in [2.05, 4.69) is 0 Å². The lowest BCUT2D eigenvalue weighted by Gasteiger charge is -2.23. The van der Waals surface area contributed by atoms with Crippen molar-refractivity contribution in [2.45, 2.75) is 19.0 Å². The molecule has 0 aromatic heterocycles. The molecule has 2 heterocycles. The zero-order chi connectivity index (χ0) is 17.8. The van der Waals surface area contributed by atoms with Gasteiger partial charge in [0, 0.05) is 11.4 Å². The van der Waals surface area contributed by atoms with E-state index >= 15 is 0 Å². The number of benzene rings is 2. The molecular formula is C18H17FN2O3S. The predicted octanol–water partition coefficient (Wildman–Crippen LogP) is 2.75. The van der Waals surface area contributed by atoms with Gasteiger partial charge in [-0.05, 0) is 48.9 Å². The molecule has 2 aliphatic rings. The zero-order valence-electron chi connectivity index (χ0n) is 13.6. The highest BCUT2D eigenvalue weighted by molar-refractivity contribution is 7.91. The van der Waals surface area contributed by atoms with E-state index in [1.54, 1.807) is 11.0 Å². The number of anilines is 2. The molecule has 7 heteroatoms. The summed E-state index contributed by atoms with van der Waals surface area (Å²) in [6.45, 7) is 1.92. The van der Waals surface area contributed by atoms with Gasteiger partial charge < -0.3 is 0 Å². The number of fused-ring (bicyclic) bond motifs is 1. The lowest BCUT2D eigenvalue weighted by atomic mass is 10.1. The molecule has 5 nitrogen and oxygen atoms in total. The summed E-state index contributed by atoms with van der Waals surface area (Å²) < 4.78 is 37.6. The molecule has 2 fully saturated rings. The van der Waals surface area contributed by atoms with Gasteiger partial charge in [0.2, 0.25) is 0 Å². The summed E-state index contributed by atoms with van der Waals surface area (Å²) in [7, 11) is -3.24. The molecule has 4 rings (SSSR count). The maximum Gasteiger partial charge on any atom is 0.329 e. The van der Waals surface area contributed by atoms with Gasteiger partial charge in [-0.3, -0.25) is 9.80 Å². The molecule has 130 valence electrons. The van der Waals surface area contributed by atoms with Crippen LogP contribution in [0, 0.1) is 12.7 Å². The minimum atomic E-state index is -3.24. The number of amides is 2. The summed E-state index contributed by atoms with van der Waals surface area (Å²) >= 11 is 0. The van der Waals surface area contributed by atoms with Gasteiger partial charge in [-0.2, -0.15) is 0 Å².